The minimum absolute atomic E-state index is 0.132. The molecule has 0 aliphatic carbocycles. The number of carbonyl (C=O) groups excluding carboxylic acids is 1. The van der Waals surface area contributed by atoms with Gasteiger partial charge in [0.2, 0.25) is 5.91 Å². The number of anilines is 1. The van der Waals surface area contributed by atoms with Crippen LogP contribution in [0.3, 0.4) is 0 Å². The fourth-order valence-electron chi connectivity index (χ4n) is 4.34. The Balaban J connectivity index is 1.25. The summed E-state index contributed by atoms with van der Waals surface area (Å²) in [7, 11) is 1.63. The quantitative estimate of drug-likeness (QED) is 0.475. The Morgan fingerprint density at radius 3 is 2.85 bits per heavy atom. The van der Waals surface area contributed by atoms with Gasteiger partial charge >= 0.3 is 0 Å². The third-order valence-corrected chi connectivity index (χ3v) is 6.19. The van der Waals surface area contributed by atoms with E-state index in [0.29, 0.717) is 17.8 Å². The van der Waals surface area contributed by atoms with Crippen LogP contribution in [0.4, 0.5) is 5.69 Å². The molecule has 1 aliphatic heterocycles. The maximum Gasteiger partial charge on any atom is 0.238 e. The number of aromatic nitrogens is 1. The summed E-state index contributed by atoms with van der Waals surface area (Å²) in [6, 6.07) is 16.7. The Labute approximate surface area is 199 Å². The number of aliphatic hydroxyl groups is 1. The highest BCUT2D eigenvalue weighted by Gasteiger charge is 2.23. The van der Waals surface area contributed by atoms with Gasteiger partial charge in [-0.3, -0.25) is 9.78 Å². The number of β-amino-alcohol motifs (C(OH)–C–C–N with tert-alkyl or cyclic N) is 1. The molecule has 8 nitrogen and oxygen atoms in total. The van der Waals surface area contributed by atoms with E-state index >= 15 is 0 Å². The summed E-state index contributed by atoms with van der Waals surface area (Å²) in [6.07, 6.45) is 2.89. The van der Waals surface area contributed by atoms with Crippen molar-refractivity contribution < 1.29 is 14.6 Å². The van der Waals surface area contributed by atoms with E-state index in [2.05, 4.69) is 26.6 Å². The zero-order valence-electron chi connectivity index (χ0n) is 19.2. The highest BCUT2D eigenvalue weighted by atomic mass is 16.5. The Morgan fingerprint density at radius 1 is 1.26 bits per heavy atom. The van der Waals surface area contributed by atoms with Crippen molar-refractivity contribution in [2.45, 2.75) is 25.0 Å². The molecule has 1 aromatic heterocycles. The second-order valence-corrected chi connectivity index (χ2v) is 8.50. The number of likely N-dealkylation sites (tertiary alicyclic amines) is 1. The van der Waals surface area contributed by atoms with Crippen LogP contribution in [0.15, 0.2) is 54.7 Å². The molecule has 1 saturated heterocycles. The number of fused-ring (bicyclic) bond motifs is 1. The number of benzene rings is 2. The second-order valence-electron chi connectivity index (χ2n) is 8.50. The normalized spacial score (nSPS) is 15.6. The summed E-state index contributed by atoms with van der Waals surface area (Å²) >= 11 is 0. The number of hydrogen-bond donors (Lipinski definition) is 3. The zero-order chi connectivity index (χ0) is 23.9. The number of aliphatic hydroxyl groups excluding tert-OH is 1. The number of nitrogens with one attached hydrogen (secondary N) is 2. The molecular formula is C26H29N5O3. The van der Waals surface area contributed by atoms with E-state index < -0.39 is 6.10 Å². The Kier molecular flexibility index (Phi) is 7.70. The number of amides is 1. The fourth-order valence-corrected chi connectivity index (χ4v) is 4.34. The third kappa shape index (κ3) is 5.88. The standard InChI is InChI=1S/C26H29N5O3/c1-34-21-5-6-24-23(14-21)22(7-10-28-24)25(32)17-31-11-8-19(9-12-31)29-16-26(33)30-20-4-2-3-18(13-20)15-27/h2-7,10,13-14,19,25,29,32H,8-9,11-12,16-17H2,1H3,(H,30,33)/t25-/m0/s1. The average molecular weight is 460 g/mol. The molecule has 8 heteroatoms. The van der Waals surface area contributed by atoms with Gasteiger partial charge in [-0.1, -0.05) is 6.07 Å². The van der Waals surface area contributed by atoms with Gasteiger partial charge < -0.3 is 25.4 Å². The molecule has 0 spiro atoms. The molecule has 34 heavy (non-hydrogen) atoms. The molecule has 2 aromatic carbocycles. The van der Waals surface area contributed by atoms with Gasteiger partial charge in [0.15, 0.2) is 0 Å². The van der Waals surface area contributed by atoms with Crippen LogP contribution in [0, 0.1) is 11.3 Å². The number of piperidine rings is 1. The number of carbonyl (C=O) groups is 1. The summed E-state index contributed by atoms with van der Waals surface area (Å²) in [5.74, 6) is 0.607. The van der Waals surface area contributed by atoms with Crippen LogP contribution < -0.4 is 15.4 Å². The van der Waals surface area contributed by atoms with Crippen molar-refractivity contribution in [1.82, 2.24) is 15.2 Å². The zero-order valence-corrected chi connectivity index (χ0v) is 19.2. The van der Waals surface area contributed by atoms with Crippen LogP contribution in [-0.4, -0.2) is 60.2 Å². The second kappa shape index (κ2) is 11.1. The molecule has 0 unspecified atom stereocenters. The molecule has 0 saturated carbocycles. The first-order chi connectivity index (χ1) is 16.6. The largest absolute Gasteiger partial charge is 0.497 e. The molecule has 3 N–H and O–H groups in total. The number of ether oxygens (including phenoxy) is 1. The van der Waals surface area contributed by atoms with Crippen LogP contribution in [0.5, 0.6) is 5.75 Å². The number of pyridine rings is 1. The van der Waals surface area contributed by atoms with E-state index in [1.165, 1.54) is 0 Å². The Morgan fingerprint density at radius 2 is 2.09 bits per heavy atom. The van der Waals surface area contributed by atoms with Crippen molar-refractivity contribution in [2.75, 3.05) is 38.6 Å². The van der Waals surface area contributed by atoms with Gasteiger partial charge in [0.05, 0.1) is 36.9 Å². The lowest BCUT2D eigenvalue weighted by atomic mass is 10.0. The molecule has 1 fully saturated rings. The van der Waals surface area contributed by atoms with E-state index in [1.807, 2.05) is 24.3 Å². The molecule has 176 valence electrons. The van der Waals surface area contributed by atoms with Gasteiger partial charge in [-0.25, -0.2) is 0 Å². The van der Waals surface area contributed by atoms with Crippen molar-refractivity contribution >= 4 is 22.5 Å². The van der Waals surface area contributed by atoms with Gasteiger partial charge in [-0.05, 0) is 74.0 Å². The first-order valence-electron chi connectivity index (χ1n) is 11.4. The smallest absolute Gasteiger partial charge is 0.238 e. The van der Waals surface area contributed by atoms with E-state index in [0.717, 1.165) is 48.1 Å². The minimum atomic E-state index is -0.628. The fraction of sp³-hybridized carbons (Fsp3) is 0.346. The average Bonchev–Trinajstić information content (AvgIpc) is 2.87. The monoisotopic (exact) mass is 459 g/mol. The lowest BCUT2D eigenvalue weighted by Gasteiger charge is -2.33. The van der Waals surface area contributed by atoms with E-state index in [1.54, 1.807) is 37.6 Å². The maximum atomic E-state index is 12.3. The highest BCUT2D eigenvalue weighted by Crippen LogP contribution is 2.27. The first kappa shape index (κ1) is 23.6. The van der Waals surface area contributed by atoms with E-state index in [9.17, 15) is 9.90 Å². The topological polar surface area (TPSA) is 111 Å². The summed E-state index contributed by atoms with van der Waals surface area (Å²) in [5, 5.41) is 27.0. The van der Waals surface area contributed by atoms with Gasteiger partial charge in [0.1, 0.15) is 5.75 Å². The van der Waals surface area contributed by atoms with Gasteiger partial charge in [0.25, 0.3) is 0 Å². The summed E-state index contributed by atoms with van der Waals surface area (Å²) in [5.41, 5.74) is 2.81. The lowest BCUT2D eigenvalue weighted by Crippen LogP contribution is -2.45. The molecule has 1 atom stereocenters. The lowest BCUT2D eigenvalue weighted by molar-refractivity contribution is -0.115. The molecule has 1 aliphatic rings. The number of nitrogens with zero attached hydrogens (tertiary/aromatic N) is 3. The van der Waals surface area contributed by atoms with E-state index in [-0.39, 0.29) is 18.5 Å². The highest BCUT2D eigenvalue weighted by molar-refractivity contribution is 5.92. The van der Waals surface area contributed by atoms with Crippen molar-refractivity contribution in [3.8, 4) is 11.8 Å². The number of methoxy groups -OCH3 is 1. The van der Waals surface area contributed by atoms with Crippen LogP contribution in [0.1, 0.15) is 30.1 Å². The minimum Gasteiger partial charge on any atom is -0.497 e. The van der Waals surface area contributed by atoms with Crippen LogP contribution in [0.2, 0.25) is 0 Å². The number of nitriles is 1. The summed E-state index contributed by atoms with van der Waals surface area (Å²) in [6.45, 7) is 2.44. The molecule has 1 amide bonds. The van der Waals surface area contributed by atoms with Crippen molar-refractivity contribution in [2.24, 2.45) is 0 Å². The molecular weight excluding hydrogens is 430 g/mol. The van der Waals surface area contributed by atoms with E-state index in [4.69, 9.17) is 10.00 Å². The van der Waals surface area contributed by atoms with Crippen LogP contribution in [0.25, 0.3) is 10.9 Å². The predicted octanol–water partition coefficient (Wildman–Crippen LogP) is 2.84. The van der Waals surface area contributed by atoms with Gasteiger partial charge in [-0.15, -0.1) is 0 Å². The van der Waals surface area contributed by atoms with Crippen molar-refractivity contribution in [3.05, 3.63) is 65.9 Å². The third-order valence-electron chi connectivity index (χ3n) is 6.19. The molecule has 3 aromatic rings. The molecule has 0 radical (unpaired) electrons. The predicted molar refractivity (Wildman–Crippen MR) is 131 cm³/mol. The Bertz CT molecular complexity index is 1180. The number of rotatable bonds is 8. The molecule has 4 rings (SSSR count). The maximum absolute atomic E-state index is 12.3. The SMILES string of the molecule is COc1ccc2nccc([C@@H](O)CN3CCC(NCC(=O)Nc4cccc(C#N)c4)CC3)c2c1. The summed E-state index contributed by atoms with van der Waals surface area (Å²) < 4.78 is 5.33. The van der Waals surface area contributed by atoms with Crippen LogP contribution in [-0.2, 0) is 4.79 Å². The van der Waals surface area contributed by atoms with Gasteiger partial charge in [-0.2, -0.15) is 5.26 Å². The summed E-state index contributed by atoms with van der Waals surface area (Å²) in [4.78, 5) is 18.9. The van der Waals surface area contributed by atoms with Crippen LogP contribution >= 0.6 is 0 Å². The first-order valence-corrected chi connectivity index (χ1v) is 11.4. The van der Waals surface area contributed by atoms with Crippen molar-refractivity contribution in [3.63, 3.8) is 0 Å². The Hall–Kier alpha value is -3.51. The molecule has 2 heterocycles. The van der Waals surface area contributed by atoms with Gasteiger partial charge in [0, 0.05) is 29.9 Å². The number of hydrogen-bond acceptors (Lipinski definition) is 7. The van der Waals surface area contributed by atoms with Crippen molar-refractivity contribution in [1.29, 1.82) is 5.26 Å². The molecule has 0 bridgehead atoms.